The smallest absolute Gasteiger partial charge is 0.326 e. The van der Waals surface area contributed by atoms with Crippen LogP contribution in [0, 0.1) is 17.8 Å². The van der Waals surface area contributed by atoms with Gasteiger partial charge in [0, 0.05) is 25.1 Å². The molecule has 8 atom stereocenters. The van der Waals surface area contributed by atoms with Crippen LogP contribution >= 0.6 is 24.4 Å². The van der Waals surface area contributed by atoms with E-state index in [-0.39, 0.29) is 61.5 Å². The average molecular weight is 981 g/mol. The Morgan fingerprint density at radius 1 is 0.687 bits per heavy atom. The maximum Gasteiger partial charge on any atom is 0.326 e. The summed E-state index contributed by atoms with van der Waals surface area (Å²) < 4.78 is 0. The number of rotatable bonds is 29. The van der Waals surface area contributed by atoms with Crippen LogP contribution in [0.15, 0.2) is 24.3 Å². The van der Waals surface area contributed by atoms with Crippen LogP contribution in [0.1, 0.15) is 98.5 Å². The van der Waals surface area contributed by atoms with Gasteiger partial charge in [0.2, 0.25) is 41.4 Å². The highest BCUT2D eigenvalue weighted by atomic mass is 32.2. The van der Waals surface area contributed by atoms with Crippen LogP contribution in [0.25, 0.3) is 0 Å². The maximum atomic E-state index is 14.0. The number of nitrogens with one attached hydrogen (secondary N) is 6. The van der Waals surface area contributed by atoms with Crippen molar-refractivity contribution in [1.29, 1.82) is 0 Å². The first-order valence-electron chi connectivity index (χ1n) is 22.7. The molecule has 1 aliphatic rings. The number of thiol groups is 1. The predicted octanol–water partition coefficient (Wildman–Crippen LogP) is 0.932. The van der Waals surface area contributed by atoms with Gasteiger partial charge in [-0.15, -0.1) is 0 Å². The number of nitrogens with two attached hydrogens (primary N) is 1. The number of benzene rings is 1. The lowest BCUT2D eigenvalue weighted by Crippen LogP contribution is -2.60. The molecule has 0 saturated carbocycles. The number of nitrogens with zero attached hydrogens (tertiary/aromatic N) is 1. The van der Waals surface area contributed by atoms with E-state index in [4.69, 9.17) is 5.73 Å². The van der Waals surface area contributed by atoms with E-state index in [9.17, 15) is 58.5 Å². The molecule has 7 amide bonds. The van der Waals surface area contributed by atoms with Crippen molar-refractivity contribution in [2.45, 2.75) is 148 Å². The summed E-state index contributed by atoms with van der Waals surface area (Å²) in [4.78, 5) is 121. The fourth-order valence-corrected chi connectivity index (χ4v) is 8.16. The predicted molar refractivity (Wildman–Crippen MR) is 256 cm³/mol. The zero-order valence-corrected chi connectivity index (χ0v) is 41.3. The van der Waals surface area contributed by atoms with E-state index in [1.54, 1.807) is 27.7 Å². The van der Waals surface area contributed by atoms with Crippen LogP contribution in [0.5, 0.6) is 5.75 Å². The van der Waals surface area contributed by atoms with Gasteiger partial charge in [-0.2, -0.15) is 24.4 Å². The summed E-state index contributed by atoms with van der Waals surface area (Å²) >= 11 is 5.77. The highest BCUT2D eigenvalue weighted by Crippen LogP contribution is 2.22. The van der Waals surface area contributed by atoms with Crippen molar-refractivity contribution in [3.05, 3.63) is 29.8 Å². The molecule has 1 saturated heterocycles. The molecular formula is C45H72N8O12S2. The molecule has 1 aliphatic heterocycles. The van der Waals surface area contributed by atoms with Gasteiger partial charge in [-0.25, -0.2) is 4.79 Å². The summed E-state index contributed by atoms with van der Waals surface area (Å²) in [7, 11) is 0. The Labute approximate surface area is 402 Å². The Morgan fingerprint density at radius 3 is 1.73 bits per heavy atom. The molecule has 0 bridgehead atoms. The lowest BCUT2D eigenvalue weighted by molar-refractivity contribution is -0.143. The van der Waals surface area contributed by atoms with E-state index in [2.05, 4.69) is 44.5 Å². The quantitative estimate of drug-likeness (QED) is 0.0498. The first kappa shape index (κ1) is 58.0. The Kier molecular flexibility index (Phi) is 25.1. The van der Waals surface area contributed by atoms with Crippen molar-refractivity contribution < 1.29 is 58.5 Å². The normalized spacial score (nSPS) is 16.8. The van der Waals surface area contributed by atoms with Crippen molar-refractivity contribution in [1.82, 2.24) is 36.8 Å². The Morgan fingerprint density at radius 2 is 1.18 bits per heavy atom. The third kappa shape index (κ3) is 20.4. The van der Waals surface area contributed by atoms with Crippen molar-refractivity contribution in [2.75, 3.05) is 24.3 Å². The molecule has 0 aliphatic carbocycles. The number of phenolic OH excluding ortho intramolecular Hbond substituents is 1. The number of likely N-dealkylation sites (tertiary alicyclic amines) is 1. The van der Waals surface area contributed by atoms with Crippen LogP contribution in [0.3, 0.4) is 0 Å². The summed E-state index contributed by atoms with van der Waals surface area (Å²) in [5.41, 5.74) is 6.58. The van der Waals surface area contributed by atoms with Crippen LogP contribution in [0.4, 0.5) is 0 Å². The molecule has 67 heavy (non-hydrogen) atoms. The first-order chi connectivity index (χ1) is 31.5. The lowest BCUT2D eigenvalue weighted by atomic mass is 10.0. The zero-order valence-electron chi connectivity index (χ0n) is 39.5. The average Bonchev–Trinajstić information content (AvgIpc) is 3.75. The molecule has 1 aromatic carbocycles. The highest BCUT2D eigenvalue weighted by Gasteiger charge is 2.40. The second-order valence-electron chi connectivity index (χ2n) is 18.2. The lowest BCUT2D eigenvalue weighted by Gasteiger charge is -2.31. The molecule has 11 N–H and O–H groups in total. The summed E-state index contributed by atoms with van der Waals surface area (Å²) in [6.45, 7) is 11.2. The van der Waals surface area contributed by atoms with E-state index >= 15 is 0 Å². The molecule has 2 rings (SSSR count). The number of hydrogen-bond acceptors (Lipinski definition) is 13. The molecule has 0 aromatic heterocycles. The molecule has 1 aromatic rings. The zero-order chi connectivity index (χ0) is 50.5. The van der Waals surface area contributed by atoms with Gasteiger partial charge in [-0.3, -0.25) is 38.4 Å². The van der Waals surface area contributed by atoms with Crippen LogP contribution < -0.4 is 37.6 Å². The minimum atomic E-state index is -1.54. The molecule has 376 valence electrons. The number of amides is 7. The van der Waals surface area contributed by atoms with Gasteiger partial charge in [0.15, 0.2) is 0 Å². The van der Waals surface area contributed by atoms with E-state index in [0.717, 1.165) is 0 Å². The van der Waals surface area contributed by atoms with Gasteiger partial charge in [0.1, 0.15) is 48.0 Å². The monoisotopic (exact) mass is 980 g/mol. The maximum absolute atomic E-state index is 14.0. The van der Waals surface area contributed by atoms with Crippen LogP contribution in [0.2, 0.25) is 0 Å². The SMILES string of the molecule is CSCC[C@H](N)C(=O)N[C@@H](CC(C)C)C(=O)N1CCC[C@H]1C(=O)N[C@@H](CC(C)C)C(=O)N[C@@H](CCC(=O)O)C(=O)N[C@@H](CS)C(=O)N[C@@H](Cc1ccc(O)cc1)C(=O)N[C@@H](CC(C)C)C(=O)O. The standard InChI is InChI=1S/C45H72N8O12S2/c1-24(2)19-31(49-43(62)36-9-8-17-53(36)44(63)33(20-25(3)4)50-38(57)29(46)16-18-67-7)40(59)47-30(14-15-37(55)56)39(58)52-35(23-66)42(61)48-32(22-27-10-12-28(54)13-11-27)41(60)51-34(45(64)65)21-26(5)6/h10-13,24-26,29-36,54,66H,8-9,14-23,46H2,1-7H3,(H,47,59)(H,48,61)(H,49,62)(H,50,57)(H,51,60)(H,52,58)(H,55,56)(H,64,65)/t29-,30-,31-,32-,33-,34-,35-,36-/m0/s1. The van der Waals surface area contributed by atoms with Gasteiger partial charge < -0.3 is 57.9 Å². The van der Waals surface area contributed by atoms with E-state index in [1.165, 1.54) is 40.9 Å². The molecular weight excluding hydrogens is 909 g/mol. The van der Waals surface area contributed by atoms with Crippen LogP contribution in [-0.4, -0.2) is 146 Å². The Hall–Kier alpha value is -5.09. The summed E-state index contributed by atoms with van der Waals surface area (Å²) in [6, 6.07) is -3.90. The third-order valence-electron chi connectivity index (χ3n) is 10.9. The Bertz CT molecular complexity index is 1850. The van der Waals surface area contributed by atoms with Crippen molar-refractivity contribution >= 4 is 77.7 Å². The van der Waals surface area contributed by atoms with Gasteiger partial charge >= 0.3 is 11.9 Å². The van der Waals surface area contributed by atoms with Gasteiger partial charge in [0.25, 0.3) is 0 Å². The highest BCUT2D eigenvalue weighted by molar-refractivity contribution is 7.98. The fraction of sp³-hybridized carbons (Fsp3) is 0.667. The summed E-state index contributed by atoms with van der Waals surface area (Å²) in [5, 5.41) is 44.6. The second-order valence-corrected chi connectivity index (χ2v) is 19.5. The van der Waals surface area contributed by atoms with Crippen molar-refractivity contribution in [3.8, 4) is 5.75 Å². The first-order valence-corrected chi connectivity index (χ1v) is 24.7. The number of hydrogen-bond donors (Lipinski definition) is 11. The molecule has 20 nitrogen and oxygen atoms in total. The molecule has 1 fully saturated rings. The molecule has 22 heteroatoms. The van der Waals surface area contributed by atoms with E-state index < -0.39 is 114 Å². The topological polar surface area (TPSA) is 316 Å². The Balaban J connectivity index is 2.32. The summed E-state index contributed by atoms with van der Waals surface area (Å²) in [6.07, 6.45) is 2.36. The van der Waals surface area contributed by atoms with Gasteiger partial charge in [-0.05, 0) is 92.4 Å². The molecule has 0 unspecified atom stereocenters. The third-order valence-corrected chi connectivity index (χ3v) is 11.9. The number of phenols is 1. The number of aliphatic carboxylic acids is 2. The fourth-order valence-electron chi connectivity index (χ4n) is 7.41. The number of carbonyl (C=O) groups is 9. The minimum absolute atomic E-state index is 0.00216. The number of carboxylic acid groups (broad SMARTS) is 2. The number of carbonyl (C=O) groups excluding carboxylic acids is 7. The van der Waals surface area contributed by atoms with Gasteiger partial charge in [0.05, 0.1) is 6.04 Å². The van der Waals surface area contributed by atoms with E-state index in [0.29, 0.717) is 30.6 Å². The second kappa shape index (κ2) is 28.9. The minimum Gasteiger partial charge on any atom is -0.508 e. The number of thioether (sulfide) groups is 1. The van der Waals surface area contributed by atoms with Crippen molar-refractivity contribution in [2.24, 2.45) is 23.5 Å². The van der Waals surface area contributed by atoms with Crippen LogP contribution in [-0.2, 0) is 49.6 Å². The molecule has 0 radical (unpaired) electrons. The van der Waals surface area contributed by atoms with E-state index in [1.807, 2.05) is 20.1 Å². The largest absolute Gasteiger partial charge is 0.508 e. The number of carboxylic acids is 2. The molecule has 1 heterocycles. The van der Waals surface area contributed by atoms with Gasteiger partial charge in [-0.1, -0.05) is 53.7 Å². The van der Waals surface area contributed by atoms with Crippen molar-refractivity contribution in [3.63, 3.8) is 0 Å². The number of aromatic hydroxyl groups is 1. The molecule has 0 spiro atoms. The summed E-state index contributed by atoms with van der Waals surface area (Å²) in [5.74, 6) is -7.71.